The molecule has 2 amide bonds. The molecule has 2 aromatic heterocycles. The van der Waals surface area contributed by atoms with Crippen LogP contribution in [-0.4, -0.2) is 83.9 Å². The number of hydrogen-bond acceptors (Lipinski definition) is 7. The summed E-state index contributed by atoms with van der Waals surface area (Å²) >= 11 is 24.9. The second-order valence-corrected chi connectivity index (χ2v) is 13.7. The number of benzene rings is 2. The van der Waals surface area contributed by atoms with Crippen molar-refractivity contribution in [2.24, 2.45) is 0 Å². The summed E-state index contributed by atoms with van der Waals surface area (Å²) in [6.45, 7) is 4.43. The molecule has 2 atom stereocenters. The molecule has 0 bridgehead atoms. The van der Waals surface area contributed by atoms with Crippen molar-refractivity contribution in [2.75, 3.05) is 62.2 Å². The topological polar surface area (TPSA) is 82.1 Å². The third kappa shape index (κ3) is 8.96. The minimum Gasteiger partial charge on any atom is -0.365 e. The molecule has 0 spiro atoms. The number of ether oxygens (including phenoxy) is 1. The fraction of sp³-hybridized carbons (Fsp3) is 0.333. The van der Waals surface area contributed by atoms with Gasteiger partial charge in [0.2, 0.25) is 11.8 Å². The molecule has 13 heteroatoms. The zero-order valence-corrected chi connectivity index (χ0v) is 29.8. The van der Waals surface area contributed by atoms with E-state index in [0.29, 0.717) is 84.1 Å². The largest absolute Gasteiger partial charge is 0.365 e. The highest BCUT2D eigenvalue weighted by atomic mass is 35.5. The van der Waals surface area contributed by atoms with Gasteiger partial charge >= 0.3 is 0 Å². The third-order valence-electron chi connectivity index (χ3n) is 8.83. The number of pyridine rings is 2. The Hall–Kier alpha value is -3.60. The van der Waals surface area contributed by atoms with E-state index < -0.39 is 12.2 Å². The summed E-state index contributed by atoms with van der Waals surface area (Å²) in [7, 11) is 0. The van der Waals surface area contributed by atoms with Crippen molar-refractivity contribution in [1.29, 1.82) is 0 Å². The van der Waals surface area contributed by atoms with Gasteiger partial charge in [0.15, 0.2) is 0 Å². The molecule has 2 unspecified atom stereocenters. The predicted molar refractivity (Wildman–Crippen MR) is 195 cm³/mol. The Bertz CT molecular complexity index is 1610. The Morgan fingerprint density at radius 1 is 0.592 bits per heavy atom. The first-order valence-electron chi connectivity index (χ1n) is 16.2. The van der Waals surface area contributed by atoms with E-state index >= 15 is 0 Å². The van der Waals surface area contributed by atoms with E-state index in [-0.39, 0.29) is 24.7 Å². The van der Waals surface area contributed by atoms with Gasteiger partial charge in [-0.25, -0.2) is 9.97 Å². The van der Waals surface area contributed by atoms with Crippen molar-refractivity contribution >= 4 is 69.9 Å². The Morgan fingerprint density at radius 2 is 0.959 bits per heavy atom. The van der Waals surface area contributed by atoms with Crippen molar-refractivity contribution < 1.29 is 14.3 Å². The molecule has 4 heterocycles. The van der Waals surface area contributed by atoms with Crippen LogP contribution in [0, 0.1) is 0 Å². The number of carbonyl (C=O) groups excluding carboxylic acids is 2. The van der Waals surface area contributed by atoms with E-state index in [1.807, 2.05) is 70.5 Å². The van der Waals surface area contributed by atoms with Crippen LogP contribution in [0.1, 0.15) is 36.2 Å². The van der Waals surface area contributed by atoms with Gasteiger partial charge in [0.05, 0.1) is 45.1 Å². The first kappa shape index (κ1) is 35.2. The summed E-state index contributed by atoms with van der Waals surface area (Å²) in [5.74, 6) is 1.27. The molecule has 4 aromatic rings. The van der Waals surface area contributed by atoms with Crippen molar-refractivity contribution in [3.8, 4) is 0 Å². The van der Waals surface area contributed by atoms with Crippen LogP contribution >= 0.6 is 46.4 Å². The molecule has 0 radical (unpaired) electrons. The second-order valence-electron chi connectivity index (χ2n) is 12.0. The van der Waals surface area contributed by atoms with Gasteiger partial charge in [-0.15, -0.1) is 0 Å². The Balaban J connectivity index is 1.13. The molecule has 49 heavy (non-hydrogen) atoms. The molecule has 0 aliphatic carbocycles. The highest BCUT2D eigenvalue weighted by Gasteiger charge is 2.31. The van der Waals surface area contributed by atoms with Crippen LogP contribution < -0.4 is 9.80 Å². The van der Waals surface area contributed by atoms with Gasteiger partial charge in [-0.1, -0.05) is 107 Å². The number of piperazine rings is 2. The predicted octanol–water partition coefficient (Wildman–Crippen LogP) is 7.37. The lowest BCUT2D eigenvalue weighted by atomic mass is 10.0. The highest BCUT2D eigenvalue weighted by molar-refractivity contribution is 6.36. The van der Waals surface area contributed by atoms with Gasteiger partial charge in [0.1, 0.15) is 11.6 Å². The van der Waals surface area contributed by atoms with Gasteiger partial charge in [-0.3, -0.25) is 9.59 Å². The summed E-state index contributed by atoms with van der Waals surface area (Å²) in [6, 6.07) is 22.8. The maximum atomic E-state index is 13.8. The number of aromatic nitrogens is 2. The number of carbonyl (C=O) groups is 2. The average molecular weight is 743 g/mol. The molecule has 2 fully saturated rings. The molecule has 0 saturated carbocycles. The number of nitrogens with zero attached hydrogens (tertiary/aromatic N) is 6. The van der Waals surface area contributed by atoms with E-state index in [0.717, 1.165) is 11.1 Å². The van der Waals surface area contributed by atoms with E-state index in [2.05, 4.69) is 19.8 Å². The quantitative estimate of drug-likeness (QED) is 0.168. The number of amides is 2. The molecule has 2 aromatic carbocycles. The van der Waals surface area contributed by atoms with Gasteiger partial charge in [-0.05, 0) is 23.3 Å². The number of hydrogen-bond donors (Lipinski definition) is 0. The first-order chi connectivity index (χ1) is 23.7. The van der Waals surface area contributed by atoms with Crippen LogP contribution in [0.15, 0.2) is 85.2 Å². The van der Waals surface area contributed by atoms with Crippen LogP contribution in [0.2, 0.25) is 20.1 Å². The normalized spacial score (nSPS) is 16.4. The van der Waals surface area contributed by atoms with Crippen LogP contribution in [0.25, 0.3) is 0 Å². The van der Waals surface area contributed by atoms with Crippen LogP contribution in [0.3, 0.4) is 0 Å². The van der Waals surface area contributed by atoms with E-state index in [4.69, 9.17) is 51.1 Å². The van der Waals surface area contributed by atoms with Gasteiger partial charge in [-0.2, -0.15) is 0 Å². The number of anilines is 2. The molecule has 256 valence electrons. The van der Waals surface area contributed by atoms with E-state index in [1.165, 1.54) is 0 Å². The summed E-state index contributed by atoms with van der Waals surface area (Å²) in [5.41, 5.74) is 1.75. The monoisotopic (exact) mass is 740 g/mol. The lowest BCUT2D eigenvalue weighted by Crippen LogP contribution is -2.49. The van der Waals surface area contributed by atoms with Gasteiger partial charge in [0, 0.05) is 64.8 Å². The fourth-order valence-electron chi connectivity index (χ4n) is 6.21. The van der Waals surface area contributed by atoms with E-state index in [1.54, 1.807) is 24.5 Å². The zero-order valence-electron chi connectivity index (χ0n) is 26.7. The maximum Gasteiger partial charge on any atom is 0.225 e. The van der Waals surface area contributed by atoms with Crippen molar-refractivity contribution in [3.05, 3.63) is 116 Å². The summed E-state index contributed by atoms with van der Waals surface area (Å²) in [6.07, 6.45) is 2.29. The van der Waals surface area contributed by atoms with Crippen molar-refractivity contribution in [1.82, 2.24) is 19.8 Å². The standard InChI is InChI=1S/C36H36Cl4N6O3/c37-27-19-29(39)35(41-23-27)45-15-11-43(12-16-45)33(47)21-31(25-7-3-1-4-8-25)49-32(26-9-5-2-6-10-26)22-34(48)44-13-17-46(18-14-44)36-30(40)20-28(38)24-42-36/h1-10,19-20,23-24,31-32H,11-18,21-22H2. The molecule has 2 aliphatic heterocycles. The summed E-state index contributed by atoms with van der Waals surface area (Å²) in [4.78, 5) is 44.2. The van der Waals surface area contributed by atoms with Gasteiger partial charge < -0.3 is 24.3 Å². The SMILES string of the molecule is O=C(CC(OC(CC(=O)N1CCN(c2ncc(Cl)cc2Cl)CC1)c1ccccc1)c1ccccc1)N1CCN(c2ncc(Cl)cc2Cl)CC1. The Morgan fingerprint density at radius 3 is 1.31 bits per heavy atom. The number of rotatable bonds is 10. The van der Waals surface area contributed by atoms with E-state index in [9.17, 15) is 9.59 Å². The minimum absolute atomic E-state index is 0.0209. The molecular weight excluding hydrogens is 706 g/mol. The average Bonchev–Trinajstić information content (AvgIpc) is 3.12. The highest BCUT2D eigenvalue weighted by Crippen LogP contribution is 2.34. The lowest BCUT2D eigenvalue weighted by molar-refractivity contribution is -0.139. The molecule has 2 aliphatic rings. The minimum atomic E-state index is -0.563. The maximum absolute atomic E-state index is 13.8. The van der Waals surface area contributed by atoms with Crippen LogP contribution in [-0.2, 0) is 14.3 Å². The lowest BCUT2D eigenvalue weighted by Gasteiger charge is -2.37. The first-order valence-corrected chi connectivity index (χ1v) is 17.7. The number of halogens is 4. The molecule has 9 nitrogen and oxygen atoms in total. The fourth-order valence-corrected chi connectivity index (χ4v) is 7.21. The summed E-state index contributed by atoms with van der Waals surface area (Å²) < 4.78 is 6.78. The Kier molecular flexibility index (Phi) is 11.8. The van der Waals surface area contributed by atoms with Crippen molar-refractivity contribution in [2.45, 2.75) is 25.0 Å². The molecule has 6 rings (SSSR count). The third-order valence-corrected chi connectivity index (χ3v) is 9.80. The summed E-state index contributed by atoms with van der Waals surface area (Å²) in [5, 5.41) is 1.92. The molecule has 0 N–H and O–H groups in total. The van der Waals surface area contributed by atoms with Crippen LogP contribution in [0.4, 0.5) is 11.6 Å². The molecular formula is C36H36Cl4N6O3. The zero-order chi connectivity index (χ0) is 34.3. The second kappa shape index (κ2) is 16.4. The van der Waals surface area contributed by atoms with Crippen LogP contribution in [0.5, 0.6) is 0 Å². The Labute approximate surface area is 306 Å². The van der Waals surface area contributed by atoms with Gasteiger partial charge in [0.25, 0.3) is 0 Å². The smallest absolute Gasteiger partial charge is 0.225 e. The van der Waals surface area contributed by atoms with Crippen molar-refractivity contribution in [3.63, 3.8) is 0 Å². The molecule has 2 saturated heterocycles.